The molecule has 0 aromatic rings. The normalized spacial score (nSPS) is 41.7. The minimum absolute atomic E-state index is 1.04. The number of fused-ring (bicyclic) bond motifs is 1. The largest absolute Gasteiger partial charge is 0.317 e. The summed E-state index contributed by atoms with van der Waals surface area (Å²) in [7, 11) is 0. The predicted octanol–water partition coefficient (Wildman–Crippen LogP) is 2.03. The van der Waals surface area contributed by atoms with Crippen molar-refractivity contribution in [3.63, 3.8) is 0 Å². The van der Waals surface area contributed by atoms with Crippen LogP contribution in [-0.4, -0.2) is 13.1 Å². The Hall–Kier alpha value is -0.0400. The van der Waals surface area contributed by atoms with Gasteiger partial charge in [-0.3, -0.25) is 0 Å². The Morgan fingerprint density at radius 3 is 3.00 bits per heavy atom. The molecule has 1 N–H and O–H groups in total. The van der Waals surface area contributed by atoms with Gasteiger partial charge >= 0.3 is 0 Å². The average Bonchev–Trinajstić information content (AvgIpc) is 2.33. The van der Waals surface area contributed by atoms with Crippen LogP contribution in [0.2, 0.25) is 0 Å². The van der Waals surface area contributed by atoms with Crippen molar-refractivity contribution in [2.24, 2.45) is 17.8 Å². The summed E-state index contributed by atoms with van der Waals surface area (Å²) in [4.78, 5) is 0. The van der Waals surface area contributed by atoms with E-state index in [1.54, 1.807) is 0 Å². The maximum atomic E-state index is 3.46. The fourth-order valence-electron chi connectivity index (χ4n) is 2.91. The SMILES string of the molecule is CCNCC1CC2CCCC21. The summed E-state index contributed by atoms with van der Waals surface area (Å²) in [6.45, 7) is 4.64. The minimum atomic E-state index is 1.04. The molecule has 1 heteroatoms. The van der Waals surface area contributed by atoms with E-state index < -0.39 is 0 Å². The molecule has 2 aliphatic rings. The zero-order valence-electron chi connectivity index (χ0n) is 7.47. The second kappa shape index (κ2) is 3.14. The Kier molecular flexibility index (Phi) is 2.17. The van der Waals surface area contributed by atoms with E-state index in [-0.39, 0.29) is 0 Å². The highest BCUT2D eigenvalue weighted by atomic mass is 14.9. The lowest BCUT2D eigenvalue weighted by Gasteiger charge is -2.40. The van der Waals surface area contributed by atoms with Crippen molar-refractivity contribution in [2.45, 2.75) is 32.6 Å². The lowest BCUT2D eigenvalue weighted by molar-refractivity contribution is 0.103. The van der Waals surface area contributed by atoms with Gasteiger partial charge < -0.3 is 5.32 Å². The highest BCUT2D eigenvalue weighted by Gasteiger charge is 2.42. The van der Waals surface area contributed by atoms with E-state index in [1.807, 2.05) is 0 Å². The summed E-state index contributed by atoms with van der Waals surface area (Å²) in [5.74, 6) is 3.30. The number of hydrogen-bond donors (Lipinski definition) is 1. The summed E-state index contributed by atoms with van der Waals surface area (Å²) < 4.78 is 0. The third-order valence-corrected chi connectivity index (χ3v) is 3.59. The summed E-state index contributed by atoms with van der Waals surface area (Å²) in [6, 6.07) is 0. The lowest BCUT2D eigenvalue weighted by atomic mass is 9.67. The molecule has 0 aliphatic heterocycles. The molecule has 2 fully saturated rings. The third-order valence-electron chi connectivity index (χ3n) is 3.59. The summed E-state index contributed by atoms with van der Waals surface area (Å²) in [5.41, 5.74) is 0. The van der Waals surface area contributed by atoms with Gasteiger partial charge in [0, 0.05) is 0 Å². The van der Waals surface area contributed by atoms with E-state index in [1.165, 1.54) is 32.2 Å². The smallest absolute Gasteiger partial charge is 0.00178 e. The highest BCUT2D eigenvalue weighted by molar-refractivity contribution is 4.93. The van der Waals surface area contributed by atoms with Crippen LogP contribution in [0.5, 0.6) is 0 Å². The first kappa shape index (κ1) is 7.60. The molecular formula is C10H19N. The van der Waals surface area contributed by atoms with E-state index in [4.69, 9.17) is 0 Å². The van der Waals surface area contributed by atoms with Crippen molar-refractivity contribution in [3.05, 3.63) is 0 Å². The maximum absolute atomic E-state index is 3.46. The first-order chi connectivity index (χ1) is 5.42. The monoisotopic (exact) mass is 153 g/mol. The molecule has 0 radical (unpaired) electrons. The zero-order valence-corrected chi connectivity index (χ0v) is 7.47. The van der Waals surface area contributed by atoms with Crippen LogP contribution in [0.4, 0.5) is 0 Å². The highest BCUT2D eigenvalue weighted by Crippen LogP contribution is 2.50. The zero-order chi connectivity index (χ0) is 7.68. The number of hydrogen-bond acceptors (Lipinski definition) is 1. The van der Waals surface area contributed by atoms with E-state index in [0.717, 1.165) is 24.3 Å². The summed E-state index contributed by atoms with van der Waals surface area (Å²) in [6.07, 6.45) is 6.10. The van der Waals surface area contributed by atoms with Crippen molar-refractivity contribution in [1.82, 2.24) is 5.32 Å². The average molecular weight is 153 g/mol. The van der Waals surface area contributed by atoms with Crippen LogP contribution in [0.15, 0.2) is 0 Å². The molecule has 0 heterocycles. The molecule has 3 atom stereocenters. The van der Waals surface area contributed by atoms with Gasteiger partial charge in [-0.25, -0.2) is 0 Å². The Balaban J connectivity index is 1.73. The summed E-state index contributed by atoms with van der Waals surface area (Å²) >= 11 is 0. The van der Waals surface area contributed by atoms with Gasteiger partial charge in [0.1, 0.15) is 0 Å². The van der Waals surface area contributed by atoms with Crippen LogP contribution in [0.1, 0.15) is 32.6 Å². The van der Waals surface area contributed by atoms with Gasteiger partial charge in [0.2, 0.25) is 0 Å². The molecule has 0 amide bonds. The molecule has 0 aromatic carbocycles. The van der Waals surface area contributed by atoms with Gasteiger partial charge in [0.25, 0.3) is 0 Å². The Labute approximate surface area is 69.6 Å². The Morgan fingerprint density at radius 2 is 2.27 bits per heavy atom. The minimum Gasteiger partial charge on any atom is -0.317 e. The van der Waals surface area contributed by atoms with Crippen LogP contribution < -0.4 is 5.32 Å². The van der Waals surface area contributed by atoms with Crippen molar-refractivity contribution in [2.75, 3.05) is 13.1 Å². The van der Waals surface area contributed by atoms with Crippen molar-refractivity contribution in [1.29, 1.82) is 0 Å². The Bertz CT molecular complexity index is 133. The van der Waals surface area contributed by atoms with E-state index >= 15 is 0 Å². The van der Waals surface area contributed by atoms with Crippen molar-refractivity contribution >= 4 is 0 Å². The van der Waals surface area contributed by atoms with Gasteiger partial charge in [-0.05, 0) is 43.7 Å². The molecule has 2 aliphatic carbocycles. The lowest BCUT2D eigenvalue weighted by Crippen LogP contribution is -2.39. The molecular weight excluding hydrogens is 134 g/mol. The quantitative estimate of drug-likeness (QED) is 0.654. The molecule has 0 saturated heterocycles. The fourth-order valence-corrected chi connectivity index (χ4v) is 2.91. The molecule has 3 unspecified atom stereocenters. The first-order valence-electron chi connectivity index (χ1n) is 5.12. The van der Waals surface area contributed by atoms with Crippen LogP contribution in [0.25, 0.3) is 0 Å². The van der Waals surface area contributed by atoms with E-state index in [2.05, 4.69) is 12.2 Å². The van der Waals surface area contributed by atoms with E-state index in [9.17, 15) is 0 Å². The van der Waals surface area contributed by atoms with Crippen molar-refractivity contribution < 1.29 is 0 Å². The van der Waals surface area contributed by atoms with Gasteiger partial charge in [-0.15, -0.1) is 0 Å². The fraction of sp³-hybridized carbons (Fsp3) is 1.00. The number of rotatable bonds is 3. The van der Waals surface area contributed by atoms with Crippen LogP contribution in [0.3, 0.4) is 0 Å². The first-order valence-corrected chi connectivity index (χ1v) is 5.12. The Morgan fingerprint density at radius 1 is 1.36 bits per heavy atom. The standard InChI is InChI=1S/C10H19N/c1-2-11-7-9-6-8-4-3-5-10(8)9/h8-11H,2-7H2,1H3. The molecule has 0 aromatic heterocycles. The van der Waals surface area contributed by atoms with Crippen LogP contribution in [0, 0.1) is 17.8 Å². The second-order valence-electron chi connectivity index (χ2n) is 4.16. The van der Waals surface area contributed by atoms with Crippen LogP contribution >= 0.6 is 0 Å². The molecule has 11 heavy (non-hydrogen) atoms. The molecule has 2 saturated carbocycles. The second-order valence-corrected chi connectivity index (χ2v) is 4.16. The van der Waals surface area contributed by atoms with Gasteiger partial charge in [0.15, 0.2) is 0 Å². The van der Waals surface area contributed by atoms with Gasteiger partial charge in [-0.2, -0.15) is 0 Å². The molecule has 1 nitrogen and oxygen atoms in total. The summed E-state index contributed by atoms with van der Waals surface area (Å²) in [5, 5.41) is 3.46. The van der Waals surface area contributed by atoms with E-state index in [0.29, 0.717) is 0 Å². The molecule has 64 valence electrons. The topological polar surface area (TPSA) is 12.0 Å². The maximum Gasteiger partial charge on any atom is -0.00178 e. The molecule has 2 rings (SSSR count). The van der Waals surface area contributed by atoms with Gasteiger partial charge in [0.05, 0.1) is 0 Å². The van der Waals surface area contributed by atoms with Crippen LogP contribution in [-0.2, 0) is 0 Å². The third kappa shape index (κ3) is 1.31. The predicted molar refractivity (Wildman–Crippen MR) is 47.5 cm³/mol. The molecule has 0 spiro atoms. The van der Waals surface area contributed by atoms with Gasteiger partial charge in [-0.1, -0.05) is 19.8 Å². The number of nitrogens with one attached hydrogen (secondary N) is 1. The molecule has 0 bridgehead atoms. The van der Waals surface area contributed by atoms with Crippen molar-refractivity contribution in [3.8, 4) is 0 Å².